The van der Waals surface area contributed by atoms with E-state index in [0.29, 0.717) is 17.3 Å². The Balaban J connectivity index is 1.58. The van der Waals surface area contributed by atoms with Crippen LogP contribution in [0.25, 0.3) is 0 Å². The van der Waals surface area contributed by atoms with Gasteiger partial charge in [0, 0.05) is 24.2 Å². The van der Waals surface area contributed by atoms with Crippen molar-refractivity contribution in [2.24, 2.45) is 0 Å². The molecular weight excluding hydrogens is 388 g/mol. The summed E-state index contributed by atoms with van der Waals surface area (Å²) in [6.07, 6.45) is 2.25. The van der Waals surface area contributed by atoms with E-state index in [1.54, 1.807) is 6.07 Å². The van der Waals surface area contributed by atoms with Gasteiger partial charge in [-0.25, -0.2) is 4.68 Å². The maximum absolute atomic E-state index is 12.9. The number of halogens is 1. The molecule has 1 aliphatic rings. The topological polar surface area (TPSA) is 67.2 Å². The van der Waals surface area contributed by atoms with Crippen molar-refractivity contribution in [1.29, 1.82) is 0 Å². The fraction of sp³-hybridized carbons (Fsp3) is 0.227. The van der Waals surface area contributed by atoms with Crippen molar-refractivity contribution in [2.75, 3.05) is 23.3 Å². The molecule has 0 atom stereocenters. The molecule has 7 heteroatoms. The first-order valence-electron chi connectivity index (χ1n) is 9.58. The number of hydrogen-bond donors (Lipinski definition) is 1. The predicted octanol–water partition coefficient (Wildman–Crippen LogP) is 3.80. The highest BCUT2D eigenvalue weighted by molar-refractivity contribution is 6.31. The number of carbonyl (C=O) groups excluding carboxylic acids is 1. The third-order valence-corrected chi connectivity index (χ3v) is 5.16. The van der Waals surface area contributed by atoms with E-state index in [-0.39, 0.29) is 17.2 Å². The van der Waals surface area contributed by atoms with Crippen LogP contribution < -0.4 is 15.8 Å². The molecule has 1 aromatic heterocycles. The molecule has 2 heterocycles. The Hall–Kier alpha value is -3.12. The van der Waals surface area contributed by atoms with Gasteiger partial charge in [0.1, 0.15) is 5.69 Å². The van der Waals surface area contributed by atoms with Crippen LogP contribution in [0, 0.1) is 0 Å². The summed E-state index contributed by atoms with van der Waals surface area (Å²) >= 11 is 6.16. The molecular formula is C22H21ClN4O2. The van der Waals surface area contributed by atoms with Gasteiger partial charge in [-0.15, -0.1) is 0 Å². The molecule has 0 spiro atoms. The van der Waals surface area contributed by atoms with Gasteiger partial charge in [-0.3, -0.25) is 9.59 Å². The van der Waals surface area contributed by atoms with Crippen LogP contribution in [0.3, 0.4) is 0 Å². The van der Waals surface area contributed by atoms with E-state index in [4.69, 9.17) is 11.6 Å². The van der Waals surface area contributed by atoms with Crippen molar-refractivity contribution in [3.05, 3.63) is 87.3 Å². The zero-order valence-electron chi connectivity index (χ0n) is 15.8. The van der Waals surface area contributed by atoms with Gasteiger partial charge in [0.15, 0.2) is 0 Å². The zero-order valence-corrected chi connectivity index (χ0v) is 16.6. The van der Waals surface area contributed by atoms with E-state index in [2.05, 4.69) is 15.3 Å². The molecule has 1 amide bonds. The largest absolute Gasteiger partial charge is 0.370 e. The zero-order chi connectivity index (χ0) is 20.2. The minimum Gasteiger partial charge on any atom is -0.370 e. The molecule has 1 N–H and O–H groups in total. The van der Waals surface area contributed by atoms with Crippen LogP contribution in [0.15, 0.2) is 65.5 Å². The van der Waals surface area contributed by atoms with E-state index >= 15 is 0 Å². The van der Waals surface area contributed by atoms with Crippen LogP contribution in [0.5, 0.6) is 0 Å². The lowest BCUT2D eigenvalue weighted by molar-refractivity contribution is 0.102. The van der Waals surface area contributed by atoms with Crippen LogP contribution >= 0.6 is 11.6 Å². The first-order valence-corrected chi connectivity index (χ1v) is 9.96. The highest BCUT2D eigenvalue weighted by Gasteiger charge is 2.18. The first kappa shape index (κ1) is 19.2. The van der Waals surface area contributed by atoms with Gasteiger partial charge in [0.2, 0.25) is 0 Å². The quantitative estimate of drug-likeness (QED) is 0.697. The Morgan fingerprint density at radius 2 is 1.79 bits per heavy atom. The average molecular weight is 409 g/mol. The summed E-state index contributed by atoms with van der Waals surface area (Å²) in [4.78, 5) is 27.3. The van der Waals surface area contributed by atoms with Crippen LogP contribution in [-0.2, 0) is 6.54 Å². The Kier molecular flexibility index (Phi) is 5.62. The van der Waals surface area contributed by atoms with Gasteiger partial charge in [-0.1, -0.05) is 41.9 Å². The predicted molar refractivity (Wildman–Crippen MR) is 115 cm³/mol. The maximum Gasteiger partial charge on any atom is 0.276 e. The highest BCUT2D eigenvalue weighted by atomic mass is 35.5. The van der Waals surface area contributed by atoms with Crippen LogP contribution in [0.2, 0.25) is 5.02 Å². The van der Waals surface area contributed by atoms with E-state index in [1.165, 1.54) is 16.8 Å². The molecule has 4 rings (SSSR count). The number of rotatable bonds is 5. The number of nitrogens with zero attached hydrogens (tertiary/aromatic N) is 3. The number of anilines is 2. The van der Waals surface area contributed by atoms with Gasteiger partial charge in [-0.2, -0.15) is 5.10 Å². The third kappa shape index (κ3) is 4.49. The Bertz CT molecular complexity index is 1080. The molecule has 1 saturated heterocycles. The molecule has 0 aliphatic carbocycles. The smallest absolute Gasteiger partial charge is 0.276 e. The monoisotopic (exact) mass is 408 g/mol. The van der Waals surface area contributed by atoms with Crippen LogP contribution in [0.1, 0.15) is 28.9 Å². The van der Waals surface area contributed by atoms with Gasteiger partial charge < -0.3 is 10.2 Å². The molecule has 0 radical (unpaired) electrons. The van der Waals surface area contributed by atoms with Gasteiger partial charge in [-0.05, 0) is 42.7 Å². The second kappa shape index (κ2) is 8.49. The summed E-state index contributed by atoms with van der Waals surface area (Å²) in [6, 6.07) is 17.8. The van der Waals surface area contributed by atoms with E-state index in [1.807, 2.05) is 42.5 Å². The van der Waals surface area contributed by atoms with Crippen molar-refractivity contribution < 1.29 is 4.79 Å². The molecule has 3 aromatic rings. The molecule has 6 nitrogen and oxygen atoms in total. The lowest BCUT2D eigenvalue weighted by Crippen LogP contribution is -2.27. The van der Waals surface area contributed by atoms with Gasteiger partial charge >= 0.3 is 0 Å². The van der Waals surface area contributed by atoms with Crippen molar-refractivity contribution in [1.82, 2.24) is 9.78 Å². The first-order chi connectivity index (χ1) is 14.1. The standard InChI is InChI=1S/C22H21ClN4O2/c23-17-8-10-20(26-12-4-5-13-26)19(14-17)24-22(29)18-9-11-21(28)27(25-18)15-16-6-2-1-3-7-16/h1-3,6-11,14H,4-5,12-13,15H2,(H,24,29). The van der Waals surface area contributed by atoms with Crippen molar-refractivity contribution in [3.63, 3.8) is 0 Å². The van der Waals surface area contributed by atoms with Gasteiger partial charge in [0.25, 0.3) is 11.5 Å². The molecule has 29 heavy (non-hydrogen) atoms. The molecule has 0 bridgehead atoms. The number of hydrogen-bond acceptors (Lipinski definition) is 4. The number of amides is 1. The van der Waals surface area contributed by atoms with Crippen molar-refractivity contribution in [3.8, 4) is 0 Å². The van der Waals surface area contributed by atoms with Crippen molar-refractivity contribution in [2.45, 2.75) is 19.4 Å². The van der Waals surface area contributed by atoms with Crippen molar-refractivity contribution >= 4 is 28.9 Å². The highest BCUT2D eigenvalue weighted by Crippen LogP contribution is 2.31. The summed E-state index contributed by atoms with van der Waals surface area (Å²) < 4.78 is 1.30. The number of carbonyl (C=O) groups is 1. The lowest BCUT2D eigenvalue weighted by atomic mass is 10.2. The van der Waals surface area contributed by atoms with Gasteiger partial charge in [0.05, 0.1) is 17.9 Å². The summed E-state index contributed by atoms with van der Waals surface area (Å²) in [5.41, 5.74) is 2.44. The average Bonchev–Trinajstić information content (AvgIpc) is 3.25. The SMILES string of the molecule is O=C(Nc1cc(Cl)ccc1N1CCCC1)c1ccc(=O)n(Cc2ccccc2)n1. The second-order valence-electron chi connectivity index (χ2n) is 7.01. The molecule has 0 unspecified atom stereocenters. The fourth-order valence-corrected chi connectivity index (χ4v) is 3.64. The summed E-state index contributed by atoms with van der Waals surface area (Å²) in [6.45, 7) is 2.20. The second-order valence-corrected chi connectivity index (χ2v) is 7.45. The fourth-order valence-electron chi connectivity index (χ4n) is 3.47. The normalized spacial score (nSPS) is 13.5. The number of benzene rings is 2. The van der Waals surface area contributed by atoms with Crippen LogP contribution in [-0.4, -0.2) is 28.8 Å². The third-order valence-electron chi connectivity index (χ3n) is 4.93. The van der Waals surface area contributed by atoms with Crippen LogP contribution in [0.4, 0.5) is 11.4 Å². The Morgan fingerprint density at radius 3 is 2.55 bits per heavy atom. The van der Waals surface area contributed by atoms with E-state index in [9.17, 15) is 9.59 Å². The molecule has 148 valence electrons. The van der Waals surface area contributed by atoms with E-state index in [0.717, 1.165) is 37.2 Å². The number of nitrogens with one attached hydrogen (secondary N) is 1. The Labute approximate surface area is 173 Å². The molecule has 0 saturated carbocycles. The molecule has 1 fully saturated rings. The minimum absolute atomic E-state index is 0.174. The summed E-state index contributed by atoms with van der Waals surface area (Å²) in [5, 5.41) is 7.72. The number of aromatic nitrogens is 2. The minimum atomic E-state index is -0.380. The molecule has 1 aliphatic heterocycles. The van der Waals surface area contributed by atoms with E-state index < -0.39 is 0 Å². The molecule has 2 aromatic carbocycles. The maximum atomic E-state index is 12.9. The summed E-state index contributed by atoms with van der Waals surface area (Å²) in [5.74, 6) is -0.380. The summed E-state index contributed by atoms with van der Waals surface area (Å²) in [7, 11) is 0. The Morgan fingerprint density at radius 1 is 1.03 bits per heavy atom. The lowest BCUT2D eigenvalue weighted by Gasteiger charge is -2.21.